The quantitative estimate of drug-likeness (QED) is 0.770. The van der Waals surface area contributed by atoms with E-state index < -0.39 is 0 Å². The second-order valence-electron chi connectivity index (χ2n) is 3.60. The smallest absolute Gasteiger partial charge is 0.118 e. The van der Waals surface area contributed by atoms with E-state index >= 15 is 0 Å². The maximum atomic E-state index is 5.15. The van der Waals surface area contributed by atoms with Crippen molar-refractivity contribution >= 4 is 5.57 Å². The highest BCUT2D eigenvalue weighted by Crippen LogP contribution is 2.27. The zero-order valence-electron chi connectivity index (χ0n) is 9.57. The van der Waals surface area contributed by atoms with Gasteiger partial charge in [0.2, 0.25) is 0 Å². The molecule has 0 fully saturated rings. The number of hydrogen-bond acceptors (Lipinski definition) is 2. The summed E-state index contributed by atoms with van der Waals surface area (Å²) in [6.07, 6.45) is 7.08. The normalized spacial score (nSPS) is 15.1. The Balaban J connectivity index is 2.19. The van der Waals surface area contributed by atoms with Crippen molar-refractivity contribution in [2.75, 3.05) is 14.2 Å². The Morgan fingerprint density at radius 1 is 0.938 bits per heavy atom. The van der Waals surface area contributed by atoms with Gasteiger partial charge in [-0.2, -0.15) is 0 Å². The molecule has 16 heavy (non-hydrogen) atoms. The van der Waals surface area contributed by atoms with Gasteiger partial charge >= 0.3 is 0 Å². The fraction of sp³-hybridized carbons (Fsp3) is 0.214. The lowest BCUT2D eigenvalue weighted by molar-refractivity contribution is 0.297. The first-order valence-corrected chi connectivity index (χ1v) is 5.26. The molecule has 0 aromatic heterocycles. The standard InChI is InChI=1S/C14H15O2/c1-15-13-7-3-11(4-8-13)12-5-9-14(16-2)10-6-12/h3-5,7-10H,6H2,1-2H3. The predicted octanol–water partition coefficient (Wildman–Crippen LogP) is 3.22. The molecule has 1 radical (unpaired) electrons. The van der Waals surface area contributed by atoms with Crippen LogP contribution in [0.3, 0.4) is 0 Å². The van der Waals surface area contributed by atoms with Crippen LogP contribution in [0.15, 0.2) is 42.2 Å². The van der Waals surface area contributed by atoms with Crippen LogP contribution >= 0.6 is 0 Å². The van der Waals surface area contributed by atoms with E-state index in [1.165, 1.54) is 11.1 Å². The first kappa shape index (κ1) is 10.8. The number of ether oxygens (including phenoxy) is 2. The number of rotatable bonds is 3. The number of hydrogen-bond donors (Lipinski definition) is 0. The van der Waals surface area contributed by atoms with Gasteiger partial charge in [0.05, 0.1) is 20.0 Å². The van der Waals surface area contributed by atoms with Crippen molar-refractivity contribution < 1.29 is 9.47 Å². The van der Waals surface area contributed by atoms with Gasteiger partial charge in [0, 0.05) is 6.42 Å². The van der Waals surface area contributed by atoms with Crippen molar-refractivity contribution in [3.8, 4) is 5.75 Å². The zero-order chi connectivity index (χ0) is 11.4. The van der Waals surface area contributed by atoms with Crippen molar-refractivity contribution in [3.05, 3.63) is 54.2 Å². The molecule has 1 aromatic carbocycles. The van der Waals surface area contributed by atoms with Gasteiger partial charge in [-0.1, -0.05) is 18.2 Å². The van der Waals surface area contributed by atoms with Gasteiger partial charge in [-0.25, -0.2) is 0 Å². The van der Waals surface area contributed by atoms with Crippen molar-refractivity contribution in [1.29, 1.82) is 0 Å². The van der Waals surface area contributed by atoms with Crippen LogP contribution in [-0.4, -0.2) is 14.2 Å². The number of allylic oxidation sites excluding steroid dienone is 4. The van der Waals surface area contributed by atoms with E-state index in [0.717, 1.165) is 17.9 Å². The molecule has 0 heterocycles. The summed E-state index contributed by atoms with van der Waals surface area (Å²) in [7, 11) is 3.37. The Labute approximate surface area is 96.2 Å². The summed E-state index contributed by atoms with van der Waals surface area (Å²) in [6.45, 7) is 0. The molecule has 0 unspecified atom stereocenters. The van der Waals surface area contributed by atoms with Crippen molar-refractivity contribution in [3.63, 3.8) is 0 Å². The van der Waals surface area contributed by atoms with E-state index in [1.54, 1.807) is 14.2 Å². The highest BCUT2D eigenvalue weighted by molar-refractivity contribution is 5.70. The number of benzene rings is 1. The minimum absolute atomic E-state index is 0.886. The van der Waals surface area contributed by atoms with Crippen molar-refractivity contribution in [1.82, 2.24) is 0 Å². The first-order valence-electron chi connectivity index (χ1n) is 5.26. The largest absolute Gasteiger partial charge is 0.501 e. The van der Waals surface area contributed by atoms with E-state index in [-0.39, 0.29) is 0 Å². The molecular weight excluding hydrogens is 200 g/mol. The molecule has 0 N–H and O–H groups in total. The molecule has 0 atom stereocenters. The van der Waals surface area contributed by atoms with E-state index in [2.05, 4.69) is 24.6 Å². The topological polar surface area (TPSA) is 18.5 Å². The molecule has 1 aliphatic rings. The van der Waals surface area contributed by atoms with Crippen LogP contribution in [0.4, 0.5) is 0 Å². The van der Waals surface area contributed by atoms with Gasteiger partial charge in [0.25, 0.3) is 0 Å². The van der Waals surface area contributed by atoms with Crippen LogP contribution in [0.5, 0.6) is 5.75 Å². The van der Waals surface area contributed by atoms with Gasteiger partial charge in [-0.3, -0.25) is 0 Å². The third-order valence-corrected chi connectivity index (χ3v) is 2.67. The lowest BCUT2D eigenvalue weighted by atomic mass is 9.96. The minimum Gasteiger partial charge on any atom is -0.501 e. The summed E-state index contributed by atoms with van der Waals surface area (Å²) in [6, 6.07) is 8.10. The van der Waals surface area contributed by atoms with E-state index in [4.69, 9.17) is 9.47 Å². The molecule has 2 heteroatoms. The van der Waals surface area contributed by atoms with Crippen LogP contribution in [0.2, 0.25) is 0 Å². The fourth-order valence-corrected chi connectivity index (χ4v) is 1.70. The van der Waals surface area contributed by atoms with Crippen LogP contribution in [0.1, 0.15) is 12.0 Å². The lowest BCUT2D eigenvalue weighted by Gasteiger charge is -2.13. The average molecular weight is 215 g/mol. The van der Waals surface area contributed by atoms with Crippen LogP contribution < -0.4 is 4.74 Å². The second-order valence-corrected chi connectivity index (χ2v) is 3.60. The first-order chi connectivity index (χ1) is 7.83. The molecule has 0 saturated heterocycles. The van der Waals surface area contributed by atoms with Gasteiger partial charge in [-0.05, 0) is 35.8 Å². The Hall–Kier alpha value is -1.70. The van der Waals surface area contributed by atoms with Crippen LogP contribution in [0, 0.1) is 6.42 Å². The molecule has 1 aromatic rings. The summed E-state index contributed by atoms with van der Waals surface area (Å²) in [4.78, 5) is 0. The Morgan fingerprint density at radius 3 is 2.19 bits per heavy atom. The molecule has 1 aliphatic carbocycles. The van der Waals surface area contributed by atoms with E-state index in [9.17, 15) is 0 Å². The van der Waals surface area contributed by atoms with Crippen molar-refractivity contribution in [2.24, 2.45) is 0 Å². The second kappa shape index (κ2) is 4.88. The summed E-state index contributed by atoms with van der Waals surface area (Å²) < 4.78 is 10.3. The maximum absolute atomic E-state index is 5.15. The third-order valence-electron chi connectivity index (χ3n) is 2.67. The van der Waals surface area contributed by atoms with Gasteiger partial charge in [0.15, 0.2) is 0 Å². The Kier molecular flexibility index (Phi) is 3.30. The highest BCUT2D eigenvalue weighted by Gasteiger charge is 2.08. The van der Waals surface area contributed by atoms with E-state index in [0.29, 0.717) is 0 Å². The summed E-state index contributed by atoms with van der Waals surface area (Å²) >= 11 is 0. The molecule has 0 amide bonds. The SMILES string of the molecule is COC1=CC=C(c2ccc(OC)cc2)C[CH]1. The van der Waals surface area contributed by atoms with Crippen LogP contribution in [0.25, 0.3) is 5.57 Å². The van der Waals surface area contributed by atoms with E-state index in [1.807, 2.05) is 18.2 Å². The molecule has 83 valence electrons. The van der Waals surface area contributed by atoms with Gasteiger partial charge in [0.1, 0.15) is 5.75 Å². The maximum Gasteiger partial charge on any atom is 0.118 e. The molecule has 0 bridgehead atoms. The summed E-state index contributed by atoms with van der Waals surface area (Å²) in [5.41, 5.74) is 2.52. The molecular formula is C14H15O2. The van der Waals surface area contributed by atoms with Crippen molar-refractivity contribution in [2.45, 2.75) is 6.42 Å². The molecule has 0 aliphatic heterocycles. The molecule has 2 nitrogen and oxygen atoms in total. The average Bonchev–Trinajstić information content (AvgIpc) is 2.39. The predicted molar refractivity (Wildman–Crippen MR) is 65.0 cm³/mol. The van der Waals surface area contributed by atoms with Crippen LogP contribution in [-0.2, 0) is 4.74 Å². The molecule has 0 spiro atoms. The van der Waals surface area contributed by atoms with Gasteiger partial charge in [-0.15, -0.1) is 0 Å². The Morgan fingerprint density at radius 2 is 1.69 bits per heavy atom. The third kappa shape index (κ3) is 2.27. The monoisotopic (exact) mass is 215 g/mol. The lowest BCUT2D eigenvalue weighted by Crippen LogP contribution is -1.96. The molecule has 0 saturated carbocycles. The highest BCUT2D eigenvalue weighted by atomic mass is 16.5. The number of methoxy groups -OCH3 is 2. The Bertz CT molecular complexity index is 413. The minimum atomic E-state index is 0.886. The molecule has 2 rings (SSSR count). The van der Waals surface area contributed by atoms with Gasteiger partial charge < -0.3 is 9.47 Å². The summed E-state index contributed by atoms with van der Waals surface area (Å²) in [5, 5.41) is 0. The zero-order valence-corrected chi connectivity index (χ0v) is 9.57. The fourth-order valence-electron chi connectivity index (χ4n) is 1.70. The summed E-state index contributed by atoms with van der Waals surface area (Å²) in [5.74, 6) is 1.81.